The molecule has 2 atom stereocenters. The van der Waals surface area contributed by atoms with Crippen molar-refractivity contribution >= 4 is 21.6 Å². The van der Waals surface area contributed by atoms with Crippen LogP contribution in [0.4, 0.5) is 5.69 Å². The molecule has 260 valence electrons. The van der Waals surface area contributed by atoms with Gasteiger partial charge in [0.1, 0.15) is 23.0 Å². The summed E-state index contributed by atoms with van der Waals surface area (Å²) in [6.45, 7) is -0.0730. The van der Waals surface area contributed by atoms with E-state index in [9.17, 15) is 13.2 Å². The summed E-state index contributed by atoms with van der Waals surface area (Å²) in [4.78, 5) is 17.9. The van der Waals surface area contributed by atoms with Crippen LogP contribution in [0.15, 0.2) is 59.8 Å². The van der Waals surface area contributed by atoms with E-state index in [1.54, 1.807) is 56.7 Å². The Morgan fingerprint density at radius 2 is 1.35 bits per heavy atom. The maximum Gasteiger partial charge on any atom is 0.261 e. The Morgan fingerprint density at radius 1 is 0.771 bits per heavy atom. The number of carbonyl (C=O) groups is 1. The number of rotatable bonds is 14. The molecule has 2 aromatic carbocycles. The molecule has 0 bridgehead atoms. The summed E-state index contributed by atoms with van der Waals surface area (Å²) in [5.41, 5.74) is 1.61. The van der Waals surface area contributed by atoms with Gasteiger partial charge in [0.2, 0.25) is 5.91 Å². The van der Waals surface area contributed by atoms with Gasteiger partial charge in [-0.15, -0.1) is 0 Å². The topological polar surface area (TPSA) is 126 Å². The van der Waals surface area contributed by atoms with Crippen molar-refractivity contribution in [3.05, 3.63) is 65.9 Å². The first kappa shape index (κ1) is 35.4. The molecule has 5 rings (SSSR count). The normalized spacial score (nSPS) is 18.7. The largest absolute Gasteiger partial charge is 0.497 e. The third-order valence-corrected chi connectivity index (χ3v) is 10.9. The van der Waals surface area contributed by atoms with Gasteiger partial charge in [-0.05, 0) is 43.9 Å². The molecule has 3 aromatic rings. The molecule has 0 saturated heterocycles. The first-order chi connectivity index (χ1) is 23.2. The van der Waals surface area contributed by atoms with Crippen molar-refractivity contribution in [2.24, 2.45) is 5.92 Å². The highest BCUT2D eigenvalue weighted by atomic mass is 32.2. The van der Waals surface area contributed by atoms with Crippen LogP contribution in [0, 0.1) is 5.92 Å². The highest BCUT2D eigenvalue weighted by Gasteiger charge is 2.34. The minimum Gasteiger partial charge on any atom is -0.497 e. The first-order valence-corrected chi connectivity index (χ1v) is 18.0. The lowest BCUT2D eigenvalue weighted by Crippen LogP contribution is -2.39. The van der Waals surface area contributed by atoms with Gasteiger partial charge in [-0.2, -0.15) is 4.31 Å². The van der Waals surface area contributed by atoms with Crippen LogP contribution < -0.4 is 24.3 Å². The number of sulfonamides is 1. The molecule has 1 heterocycles. The van der Waals surface area contributed by atoms with E-state index in [0.29, 0.717) is 39.8 Å². The molecule has 2 fully saturated rings. The van der Waals surface area contributed by atoms with Crippen molar-refractivity contribution in [1.82, 2.24) is 9.29 Å². The van der Waals surface area contributed by atoms with Gasteiger partial charge in [-0.1, -0.05) is 44.2 Å². The Bertz CT molecular complexity index is 1590. The molecule has 0 radical (unpaired) electrons. The van der Waals surface area contributed by atoms with Crippen LogP contribution >= 0.6 is 0 Å². The number of anilines is 1. The number of nitrogens with zero attached hydrogens (tertiary/aromatic N) is 2. The number of hydrogen-bond donors (Lipinski definition) is 1. The predicted molar refractivity (Wildman–Crippen MR) is 182 cm³/mol. The molecule has 1 unspecified atom stereocenters. The molecule has 0 spiro atoms. The van der Waals surface area contributed by atoms with Crippen LogP contribution in [0.5, 0.6) is 23.0 Å². The van der Waals surface area contributed by atoms with Gasteiger partial charge in [0.05, 0.1) is 46.6 Å². The Kier molecular flexibility index (Phi) is 12.2. The summed E-state index contributed by atoms with van der Waals surface area (Å²) in [7, 11) is 1.93. The van der Waals surface area contributed by atoms with Gasteiger partial charge in [-0.3, -0.25) is 4.79 Å². The minimum atomic E-state index is -4.22. The SMILES string of the molecule is COc1ccc(CN(Cc2ccc(OC)cc2OC)S(=O)(=O)c2cc(NC(=O)C3CCCC[C@H]3OC3CCCCC3)ccn2)c(OC)c1. The summed E-state index contributed by atoms with van der Waals surface area (Å²) < 4.78 is 58.5. The Labute approximate surface area is 283 Å². The van der Waals surface area contributed by atoms with E-state index >= 15 is 0 Å². The Morgan fingerprint density at radius 3 is 1.94 bits per heavy atom. The predicted octanol–water partition coefficient (Wildman–Crippen LogP) is 6.35. The molecule has 2 aliphatic rings. The van der Waals surface area contributed by atoms with Crippen molar-refractivity contribution in [3.63, 3.8) is 0 Å². The molecule has 1 N–H and O–H groups in total. The average molecular weight is 682 g/mol. The van der Waals surface area contributed by atoms with E-state index in [0.717, 1.165) is 51.4 Å². The highest BCUT2D eigenvalue weighted by Crippen LogP contribution is 2.34. The van der Waals surface area contributed by atoms with Crippen molar-refractivity contribution in [3.8, 4) is 23.0 Å². The smallest absolute Gasteiger partial charge is 0.261 e. The average Bonchev–Trinajstić information content (AvgIpc) is 3.12. The second kappa shape index (κ2) is 16.5. The number of ether oxygens (including phenoxy) is 5. The van der Waals surface area contributed by atoms with Gasteiger partial charge < -0.3 is 29.0 Å². The van der Waals surface area contributed by atoms with Gasteiger partial charge in [0, 0.05) is 54.3 Å². The minimum absolute atomic E-state index is 0.0365. The number of carbonyl (C=O) groups excluding carboxylic acids is 1. The third-order valence-electron chi connectivity index (χ3n) is 9.25. The molecular formula is C36H47N3O8S. The highest BCUT2D eigenvalue weighted by molar-refractivity contribution is 7.89. The van der Waals surface area contributed by atoms with Gasteiger partial charge in [-0.25, -0.2) is 13.4 Å². The van der Waals surface area contributed by atoms with E-state index < -0.39 is 10.0 Å². The van der Waals surface area contributed by atoms with Crippen molar-refractivity contribution in [2.45, 2.75) is 88.1 Å². The summed E-state index contributed by atoms with van der Waals surface area (Å²) >= 11 is 0. The quantitative estimate of drug-likeness (QED) is 0.207. The number of aromatic nitrogens is 1. The number of methoxy groups -OCH3 is 4. The molecule has 2 saturated carbocycles. The number of benzene rings is 2. The lowest BCUT2D eigenvalue weighted by molar-refractivity contribution is -0.131. The fraction of sp³-hybridized carbons (Fsp3) is 0.500. The summed E-state index contributed by atoms with van der Waals surface area (Å²) in [6, 6.07) is 13.5. The number of hydrogen-bond acceptors (Lipinski definition) is 9. The lowest BCUT2D eigenvalue weighted by atomic mass is 9.85. The maximum atomic E-state index is 14.4. The fourth-order valence-electron chi connectivity index (χ4n) is 6.57. The van der Waals surface area contributed by atoms with E-state index in [4.69, 9.17) is 23.7 Å². The van der Waals surface area contributed by atoms with Crippen LogP contribution in [0.1, 0.15) is 68.9 Å². The summed E-state index contributed by atoms with van der Waals surface area (Å²) in [5, 5.41) is 2.79. The molecule has 11 nitrogen and oxygen atoms in total. The van der Waals surface area contributed by atoms with Crippen LogP contribution in [0.25, 0.3) is 0 Å². The molecule has 48 heavy (non-hydrogen) atoms. The number of nitrogens with one attached hydrogen (secondary N) is 1. The van der Waals surface area contributed by atoms with Gasteiger partial charge in [0.15, 0.2) is 5.03 Å². The van der Waals surface area contributed by atoms with Crippen LogP contribution in [0.2, 0.25) is 0 Å². The second-order valence-electron chi connectivity index (χ2n) is 12.3. The van der Waals surface area contributed by atoms with E-state index in [2.05, 4.69) is 10.3 Å². The van der Waals surface area contributed by atoms with Crippen LogP contribution in [-0.2, 0) is 32.6 Å². The summed E-state index contributed by atoms with van der Waals surface area (Å²) in [6.07, 6.45) is 10.7. The third kappa shape index (κ3) is 8.58. The van der Waals surface area contributed by atoms with Crippen LogP contribution in [-0.4, -0.2) is 64.3 Å². The van der Waals surface area contributed by atoms with Gasteiger partial charge in [0.25, 0.3) is 10.0 Å². The van der Waals surface area contributed by atoms with Crippen molar-refractivity contribution in [1.29, 1.82) is 0 Å². The number of amides is 1. The monoisotopic (exact) mass is 681 g/mol. The summed E-state index contributed by atoms with van der Waals surface area (Å²) in [5.74, 6) is 1.65. The van der Waals surface area contributed by atoms with Gasteiger partial charge >= 0.3 is 0 Å². The number of pyridine rings is 1. The zero-order chi connectivity index (χ0) is 34.1. The van der Waals surface area contributed by atoms with Crippen LogP contribution in [0.3, 0.4) is 0 Å². The molecule has 12 heteroatoms. The van der Waals surface area contributed by atoms with Crippen molar-refractivity contribution in [2.75, 3.05) is 33.8 Å². The first-order valence-electron chi connectivity index (χ1n) is 16.6. The maximum absolute atomic E-state index is 14.4. The Balaban J connectivity index is 1.41. The fourth-order valence-corrected chi connectivity index (χ4v) is 7.93. The zero-order valence-corrected chi connectivity index (χ0v) is 29.1. The molecule has 2 aliphatic carbocycles. The molecule has 1 amide bonds. The van der Waals surface area contributed by atoms with E-state index in [1.165, 1.54) is 37.2 Å². The van der Waals surface area contributed by atoms with E-state index in [1.807, 2.05) is 0 Å². The zero-order valence-electron chi connectivity index (χ0n) is 28.3. The molecule has 1 aromatic heterocycles. The Hall–Kier alpha value is -3.87. The van der Waals surface area contributed by atoms with Crippen molar-refractivity contribution < 1.29 is 36.9 Å². The molecular weight excluding hydrogens is 634 g/mol. The second-order valence-corrected chi connectivity index (χ2v) is 14.2. The lowest BCUT2D eigenvalue weighted by Gasteiger charge is -2.34. The standard InChI is InChI=1S/C36H47N3O8S/c1-43-29-16-14-25(33(21-29)45-3)23-39(24-26-15-17-30(44-2)22-34(26)46-4)48(41,42)35-20-27(18-19-37-35)38-36(40)31-12-8-9-13-32(31)47-28-10-6-5-7-11-28/h14-22,28,31-32H,5-13,23-24H2,1-4H3,(H,37,38,40)/t31?,32-/m1/s1. The van der Waals surface area contributed by atoms with E-state index in [-0.39, 0.29) is 42.1 Å². The molecule has 0 aliphatic heterocycles.